The lowest BCUT2D eigenvalue weighted by atomic mass is 10.2. The molecule has 0 amide bonds. The topological polar surface area (TPSA) is 93.7 Å². The van der Waals surface area contributed by atoms with Gasteiger partial charge < -0.3 is 16.4 Å². The molecule has 9 heteroatoms. The molecule has 0 bridgehead atoms. The van der Waals surface area contributed by atoms with Crippen LogP contribution in [0.5, 0.6) is 0 Å². The maximum atomic E-state index is 13.2. The van der Waals surface area contributed by atoms with Crippen molar-refractivity contribution >= 4 is 40.4 Å². The first kappa shape index (κ1) is 15.0. The van der Waals surface area contributed by atoms with Crippen LogP contribution in [-0.4, -0.2) is 19.7 Å². The number of hydrogen-bond acceptors (Lipinski definition) is 6. The Morgan fingerprint density at radius 1 is 1.22 bits per heavy atom. The van der Waals surface area contributed by atoms with E-state index < -0.39 is 5.82 Å². The summed E-state index contributed by atoms with van der Waals surface area (Å²) >= 11 is 6.09. The van der Waals surface area contributed by atoms with Crippen LogP contribution >= 0.6 is 11.6 Å². The highest BCUT2D eigenvalue weighted by Crippen LogP contribution is 2.26. The summed E-state index contributed by atoms with van der Waals surface area (Å²) in [7, 11) is 1.81. The third-order valence-electron chi connectivity index (χ3n) is 2.96. The minimum absolute atomic E-state index is 0.0360. The van der Waals surface area contributed by atoms with Gasteiger partial charge in [-0.25, -0.2) is 9.37 Å². The van der Waals surface area contributed by atoms with Crippen LogP contribution in [0.3, 0.4) is 0 Å². The van der Waals surface area contributed by atoms with Crippen LogP contribution in [0, 0.1) is 5.82 Å². The highest BCUT2D eigenvalue weighted by Gasteiger charge is 2.08. The van der Waals surface area contributed by atoms with E-state index in [1.165, 1.54) is 18.3 Å². The largest absolute Gasteiger partial charge is 0.396 e. The Kier molecular flexibility index (Phi) is 3.98. The van der Waals surface area contributed by atoms with E-state index in [0.717, 1.165) is 5.69 Å². The normalized spacial score (nSPS) is 10.6. The van der Waals surface area contributed by atoms with Gasteiger partial charge >= 0.3 is 0 Å². The van der Waals surface area contributed by atoms with Crippen molar-refractivity contribution in [1.29, 1.82) is 0 Å². The van der Waals surface area contributed by atoms with Crippen molar-refractivity contribution in [3.05, 3.63) is 47.6 Å². The van der Waals surface area contributed by atoms with Gasteiger partial charge in [-0.3, -0.25) is 4.68 Å². The van der Waals surface area contributed by atoms with E-state index >= 15 is 0 Å². The lowest BCUT2D eigenvalue weighted by molar-refractivity contribution is 0.632. The molecule has 2 heterocycles. The van der Waals surface area contributed by atoms with Gasteiger partial charge in [0.1, 0.15) is 10.8 Å². The molecule has 3 aromatic rings. The molecule has 0 fully saturated rings. The van der Waals surface area contributed by atoms with Crippen LogP contribution in [-0.2, 0) is 7.05 Å². The maximum absolute atomic E-state index is 13.2. The number of hydrogen-bond donors (Lipinski definition) is 3. The molecular formula is C14H13ClFN7. The fourth-order valence-electron chi connectivity index (χ4n) is 1.89. The second-order valence-electron chi connectivity index (χ2n) is 4.78. The van der Waals surface area contributed by atoms with Crippen LogP contribution in [0.15, 0.2) is 36.8 Å². The Morgan fingerprint density at radius 2 is 2.04 bits per heavy atom. The number of nitrogens with one attached hydrogen (secondary N) is 2. The SMILES string of the molecule is Cn1cc(Nc2ncc(Cl)c(Nc3ccc(F)c(N)c3)n2)cn1. The van der Waals surface area contributed by atoms with Crippen molar-refractivity contribution < 1.29 is 4.39 Å². The summed E-state index contributed by atoms with van der Waals surface area (Å²) in [4.78, 5) is 8.39. The number of rotatable bonds is 4. The summed E-state index contributed by atoms with van der Waals surface area (Å²) in [5, 5.41) is 10.4. The van der Waals surface area contributed by atoms with Gasteiger partial charge in [0.05, 0.1) is 23.8 Å². The molecular weight excluding hydrogens is 321 g/mol. The predicted octanol–water partition coefficient (Wildman–Crippen LogP) is 3.07. The second-order valence-corrected chi connectivity index (χ2v) is 5.19. The zero-order valence-corrected chi connectivity index (χ0v) is 12.8. The first-order chi connectivity index (χ1) is 11.0. The third kappa shape index (κ3) is 3.49. The van der Waals surface area contributed by atoms with Crippen LogP contribution in [0.1, 0.15) is 0 Å². The monoisotopic (exact) mass is 333 g/mol. The van der Waals surface area contributed by atoms with Gasteiger partial charge in [-0.1, -0.05) is 11.6 Å². The van der Waals surface area contributed by atoms with Gasteiger partial charge in [-0.2, -0.15) is 10.1 Å². The van der Waals surface area contributed by atoms with E-state index in [2.05, 4.69) is 25.7 Å². The summed E-state index contributed by atoms with van der Waals surface area (Å²) in [6.45, 7) is 0. The van der Waals surface area contributed by atoms with E-state index in [1.54, 1.807) is 30.2 Å². The molecule has 0 atom stereocenters. The smallest absolute Gasteiger partial charge is 0.229 e. The summed E-state index contributed by atoms with van der Waals surface area (Å²) in [6, 6.07) is 4.27. The van der Waals surface area contributed by atoms with E-state index in [0.29, 0.717) is 22.5 Å². The van der Waals surface area contributed by atoms with Crippen molar-refractivity contribution in [2.75, 3.05) is 16.4 Å². The van der Waals surface area contributed by atoms with E-state index in [1.807, 2.05) is 0 Å². The minimum atomic E-state index is -0.483. The molecule has 0 aliphatic rings. The number of aryl methyl sites for hydroxylation is 1. The predicted molar refractivity (Wildman–Crippen MR) is 87.6 cm³/mol. The summed E-state index contributed by atoms with van der Waals surface area (Å²) in [6.07, 6.45) is 4.89. The quantitative estimate of drug-likeness (QED) is 0.635. The number of benzene rings is 1. The van der Waals surface area contributed by atoms with Gasteiger partial charge in [0.2, 0.25) is 5.95 Å². The Bertz CT molecular complexity index is 849. The molecule has 7 nitrogen and oxygen atoms in total. The molecule has 118 valence electrons. The Labute approximate surface area is 136 Å². The molecule has 0 aliphatic heterocycles. The van der Waals surface area contributed by atoms with Crippen molar-refractivity contribution in [3.63, 3.8) is 0 Å². The van der Waals surface area contributed by atoms with Crippen LogP contribution < -0.4 is 16.4 Å². The van der Waals surface area contributed by atoms with Crippen molar-refractivity contribution in [3.8, 4) is 0 Å². The molecule has 0 radical (unpaired) electrons. The lowest BCUT2D eigenvalue weighted by Gasteiger charge is -2.10. The van der Waals surface area contributed by atoms with Gasteiger partial charge in [0, 0.05) is 18.9 Å². The number of aromatic nitrogens is 4. The summed E-state index contributed by atoms with van der Waals surface area (Å²) in [5.41, 5.74) is 6.89. The third-order valence-corrected chi connectivity index (χ3v) is 3.24. The average molecular weight is 334 g/mol. The minimum Gasteiger partial charge on any atom is -0.396 e. The number of halogens is 2. The standard InChI is InChI=1S/C14H13ClFN7/c1-23-7-9(5-19-23)21-14-18-6-10(15)13(22-14)20-8-2-3-11(16)12(17)4-8/h2-7H,17H2,1H3,(H2,18,20,21,22). The Hall–Kier alpha value is -2.87. The summed E-state index contributed by atoms with van der Waals surface area (Å²) < 4.78 is 14.9. The molecule has 0 saturated carbocycles. The van der Waals surface area contributed by atoms with Crippen LogP contribution in [0.2, 0.25) is 5.02 Å². The van der Waals surface area contributed by atoms with Crippen molar-refractivity contribution in [2.24, 2.45) is 7.05 Å². The van der Waals surface area contributed by atoms with E-state index in [-0.39, 0.29) is 5.69 Å². The molecule has 0 aliphatic carbocycles. The molecule has 23 heavy (non-hydrogen) atoms. The maximum Gasteiger partial charge on any atom is 0.229 e. The van der Waals surface area contributed by atoms with Crippen LogP contribution in [0.25, 0.3) is 0 Å². The fourth-order valence-corrected chi connectivity index (χ4v) is 2.03. The number of nitrogen functional groups attached to an aromatic ring is 1. The van der Waals surface area contributed by atoms with Crippen molar-refractivity contribution in [2.45, 2.75) is 0 Å². The number of nitrogens with two attached hydrogens (primary N) is 1. The van der Waals surface area contributed by atoms with Gasteiger partial charge in [0.15, 0.2) is 5.82 Å². The molecule has 3 rings (SSSR count). The second kappa shape index (κ2) is 6.09. The highest BCUT2D eigenvalue weighted by molar-refractivity contribution is 6.32. The van der Waals surface area contributed by atoms with E-state index in [9.17, 15) is 4.39 Å². The van der Waals surface area contributed by atoms with Gasteiger partial charge in [-0.05, 0) is 18.2 Å². The fraction of sp³-hybridized carbons (Fsp3) is 0.0714. The summed E-state index contributed by atoms with van der Waals surface area (Å²) in [5.74, 6) is 0.238. The van der Waals surface area contributed by atoms with Crippen molar-refractivity contribution in [1.82, 2.24) is 19.7 Å². The molecule has 0 unspecified atom stereocenters. The molecule has 0 spiro atoms. The Morgan fingerprint density at radius 3 is 2.74 bits per heavy atom. The van der Waals surface area contributed by atoms with Gasteiger partial charge in [-0.15, -0.1) is 0 Å². The van der Waals surface area contributed by atoms with Gasteiger partial charge in [0.25, 0.3) is 0 Å². The van der Waals surface area contributed by atoms with E-state index in [4.69, 9.17) is 17.3 Å². The number of nitrogens with zero attached hydrogens (tertiary/aromatic N) is 4. The molecule has 0 saturated heterocycles. The molecule has 4 N–H and O–H groups in total. The Balaban J connectivity index is 1.83. The average Bonchev–Trinajstić information content (AvgIpc) is 2.91. The molecule has 2 aromatic heterocycles. The lowest BCUT2D eigenvalue weighted by Crippen LogP contribution is -2.02. The highest BCUT2D eigenvalue weighted by atomic mass is 35.5. The first-order valence-corrected chi connectivity index (χ1v) is 6.99. The molecule has 1 aromatic carbocycles. The zero-order valence-electron chi connectivity index (χ0n) is 12.1. The van der Waals surface area contributed by atoms with Crippen LogP contribution in [0.4, 0.5) is 33.2 Å². The zero-order chi connectivity index (χ0) is 16.4. The first-order valence-electron chi connectivity index (χ1n) is 6.61. The number of anilines is 5.